The Labute approximate surface area is 653 Å². The van der Waals surface area contributed by atoms with Crippen LogP contribution in [-0.2, 0) is 89.6 Å². The maximum Gasteiger partial charge on any atom is 0.490 e. The minimum atomic E-state index is -5.55. The molecule has 40 heteroatoms. The number of aliphatic carboxylic acids is 1. The van der Waals surface area contributed by atoms with E-state index in [-0.39, 0.29) is 75.6 Å². The minimum absolute atomic E-state index is 0.000114. The predicted molar refractivity (Wildman–Crippen MR) is 402 cm³/mol. The summed E-state index contributed by atoms with van der Waals surface area (Å²) in [4.78, 5) is 203. The second kappa shape index (κ2) is 47.4. The number of hydrogen-bond donors (Lipinski definition) is 19. The molecule has 0 saturated heterocycles. The van der Waals surface area contributed by atoms with E-state index in [0.717, 1.165) is 6.92 Å². The molecule has 13 atom stereocenters. The highest BCUT2D eigenvalue weighted by molar-refractivity contribution is 6.00. The van der Waals surface area contributed by atoms with Crippen molar-refractivity contribution in [3.05, 3.63) is 65.7 Å². The maximum atomic E-state index is 15.1. The van der Waals surface area contributed by atoms with Crippen molar-refractivity contribution in [3.8, 4) is 0 Å². The maximum absolute atomic E-state index is 15.1. The SMILES string of the molecule is CC[C@H](C)[C@H](NC(=O)[C@@H](CCCNC(=N)N)NC(=O)[C@H](CC(C)C)NC(=O)[C@@H](NC(=O)[C@H](Cc1cccc(NC(=O)OC(C)(C)C)c1)NC(=O)[C@H](CC(C)C)NC(=O)[C@@H](CC(C)C)NC(=O)OCc1ccccc1)C(O)C(C)C)C(=O)N[C@H](C(=O)NCC(=O)N[C@@H](CC(N)=O)C(=O)N[C@@H](COC(=O)C(F)(F)F)C(=O)O)[C@@H](C)O. The average molecular weight is 1610 g/mol. The zero-order chi connectivity index (χ0) is 85.9. The summed E-state index contributed by atoms with van der Waals surface area (Å²) < 4.78 is 52.8. The van der Waals surface area contributed by atoms with Crippen molar-refractivity contribution in [3.63, 3.8) is 0 Å². The van der Waals surface area contributed by atoms with Crippen LogP contribution in [-0.4, -0.2) is 214 Å². The Morgan fingerprint density at radius 2 is 1.00 bits per heavy atom. The van der Waals surface area contributed by atoms with Gasteiger partial charge in [0.2, 0.25) is 65.0 Å². The summed E-state index contributed by atoms with van der Waals surface area (Å²) in [6.45, 7) is 19.9. The van der Waals surface area contributed by atoms with Gasteiger partial charge in [0, 0.05) is 18.7 Å². The molecule has 0 bridgehead atoms. The van der Waals surface area contributed by atoms with Crippen molar-refractivity contribution >= 4 is 101 Å². The van der Waals surface area contributed by atoms with Gasteiger partial charge < -0.3 is 105 Å². The topological polar surface area (TPSA) is 577 Å². The molecule has 21 N–H and O–H groups in total. The quantitative estimate of drug-likeness (QED) is 0.0139. The highest BCUT2D eigenvalue weighted by Crippen LogP contribution is 2.21. The first-order valence-electron chi connectivity index (χ1n) is 36.8. The third-order valence-electron chi connectivity index (χ3n) is 16.6. The fourth-order valence-corrected chi connectivity index (χ4v) is 10.7. The molecule has 0 saturated carbocycles. The number of halogens is 3. The number of alkyl halides is 3. The number of amides is 13. The fraction of sp³-hybridized carbons (Fsp3) is 0.616. The molecule has 0 aliphatic carbocycles. The third-order valence-corrected chi connectivity index (χ3v) is 16.6. The van der Waals surface area contributed by atoms with Gasteiger partial charge in [-0.3, -0.25) is 63.5 Å². The second-order valence-electron chi connectivity index (χ2n) is 29.7. The number of alkyl carbamates (subject to hydrolysis) is 1. The van der Waals surface area contributed by atoms with E-state index in [1.165, 1.54) is 32.9 Å². The minimum Gasteiger partial charge on any atom is -0.480 e. The van der Waals surface area contributed by atoms with Crippen LogP contribution in [0, 0.1) is 35.0 Å². The van der Waals surface area contributed by atoms with E-state index in [0.29, 0.717) is 11.1 Å². The van der Waals surface area contributed by atoms with Gasteiger partial charge in [-0.1, -0.05) is 118 Å². The molecule has 37 nitrogen and oxygen atoms in total. The number of benzene rings is 2. The lowest BCUT2D eigenvalue weighted by Gasteiger charge is -2.31. The van der Waals surface area contributed by atoms with Crippen molar-refractivity contribution in [1.82, 2.24) is 63.8 Å². The van der Waals surface area contributed by atoms with Crippen LogP contribution in [0.3, 0.4) is 0 Å². The molecule has 0 fully saturated rings. The Kier molecular flexibility index (Phi) is 41.2. The lowest BCUT2D eigenvalue weighted by atomic mass is 9.96. The van der Waals surface area contributed by atoms with E-state index in [9.17, 15) is 95.6 Å². The van der Waals surface area contributed by atoms with Crippen LogP contribution < -0.4 is 80.6 Å². The molecular weight excluding hydrogens is 1490 g/mol. The van der Waals surface area contributed by atoms with Gasteiger partial charge in [0.25, 0.3) is 0 Å². The molecule has 113 heavy (non-hydrogen) atoms. The van der Waals surface area contributed by atoms with Gasteiger partial charge in [0.05, 0.1) is 25.2 Å². The first kappa shape index (κ1) is 98.1. The number of carbonyl (C=O) groups is 15. The molecule has 0 heterocycles. The van der Waals surface area contributed by atoms with Gasteiger partial charge >= 0.3 is 30.3 Å². The standard InChI is InChI=1S/C73H113F3N16O21/c1-15-40(10)54(65(104)91-55(41(11)93)64(103)81-33-53(95)83-50(32-52(77)94)62(101)88-51(67(106)107)35-111-68(108)73(74,75)76)90-58(97)45(25-20-26-80-69(78)79)84-59(98)47(28-37(4)5)87-66(105)56(57(96)39(8)9)92-63(102)49(31-43-23-19-24-44(30-43)82-71(110)113-72(12,13)14)86-60(99)46(27-36(2)3)85-61(100)48(29-38(6)7)89-70(109)112-34-42-21-17-16-18-22-42/h16-19,21-24,30,36-41,45-51,54-57,93,96H,15,20,25-29,31-35H2,1-14H3,(H2,77,94)(H,81,103)(H,82,110)(H,83,95)(H,84,98)(H,85,100)(H,86,99)(H,87,105)(H,88,101)(H,89,109)(H,90,97)(H,91,104)(H,92,102)(H,106,107)(H4,78,79,80)/t40-,41+,45+,46-,47-,48+,49-,50-,51-,54-,55-,56-,57?/m0/s1. The number of carboxylic acid groups (broad SMARTS) is 1. The Morgan fingerprint density at radius 3 is 1.50 bits per heavy atom. The Morgan fingerprint density at radius 1 is 0.522 bits per heavy atom. The number of esters is 1. The van der Waals surface area contributed by atoms with Crippen LogP contribution in [0.4, 0.5) is 28.4 Å². The number of primary amides is 1. The van der Waals surface area contributed by atoms with Crippen LogP contribution in [0.15, 0.2) is 54.6 Å². The summed E-state index contributed by atoms with van der Waals surface area (Å²) in [6.07, 6.45) is -12.4. The number of nitrogens with one attached hydrogen (secondary N) is 14. The number of rotatable bonds is 46. The van der Waals surface area contributed by atoms with E-state index in [1.54, 1.807) is 103 Å². The number of guanidine groups is 1. The van der Waals surface area contributed by atoms with Crippen molar-refractivity contribution in [1.29, 1.82) is 5.41 Å². The summed E-state index contributed by atoms with van der Waals surface area (Å²) in [5, 5.41) is 71.4. The number of nitrogens with two attached hydrogens (primary N) is 2. The van der Waals surface area contributed by atoms with Gasteiger partial charge in [-0.15, -0.1) is 0 Å². The molecule has 0 aliphatic heterocycles. The monoisotopic (exact) mass is 1610 g/mol. The lowest BCUT2D eigenvalue weighted by molar-refractivity contribution is -0.200. The number of hydrogen-bond acceptors (Lipinski definition) is 21. The number of aliphatic hydroxyl groups excluding tert-OH is 2. The van der Waals surface area contributed by atoms with E-state index in [2.05, 4.69) is 63.2 Å². The molecular formula is C73H113F3N16O21. The Balaban J connectivity index is 2.62. The lowest BCUT2D eigenvalue weighted by Crippen LogP contribution is -2.63. The normalized spacial score (nSPS) is 14.9. The summed E-state index contributed by atoms with van der Waals surface area (Å²) in [5.41, 5.74) is 11.0. The first-order valence-corrected chi connectivity index (χ1v) is 36.8. The van der Waals surface area contributed by atoms with E-state index in [4.69, 9.17) is 26.4 Å². The van der Waals surface area contributed by atoms with E-state index >= 15 is 4.79 Å². The van der Waals surface area contributed by atoms with Crippen molar-refractivity contribution in [2.75, 3.05) is 25.0 Å². The van der Waals surface area contributed by atoms with Gasteiger partial charge in [-0.2, -0.15) is 13.2 Å². The van der Waals surface area contributed by atoms with Gasteiger partial charge in [-0.05, 0) is 113 Å². The first-order chi connectivity index (χ1) is 52.5. The summed E-state index contributed by atoms with van der Waals surface area (Å²) in [7, 11) is 0. The van der Waals surface area contributed by atoms with Crippen LogP contribution in [0.2, 0.25) is 0 Å². The summed E-state index contributed by atoms with van der Waals surface area (Å²) in [5.74, 6) is -20.1. The molecule has 0 aromatic heterocycles. The highest BCUT2D eigenvalue weighted by atomic mass is 19.4. The van der Waals surface area contributed by atoms with Crippen LogP contribution in [0.5, 0.6) is 0 Å². The fourth-order valence-electron chi connectivity index (χ4n) is 10.7. The molecule has 0 aliphatic rings. The summed E-state index contributed by atoms with van der Waals surface area (Å²) in [6, 6.07) is -2.34. The summed E-state index contributed by atoms with van der Waals surface area (Å²) >= 11 is 0. The largest absolute Gasteiger partial charge is 0.490 e. The molecule has 632 valence electrons. The third kappa shape index (κ3) is 37.8. The van der Waals surface area contributed by atoms with E-state index < -0.39 is 217 Å². The number of anilines is 1. The second-order valence-corrected chi connectivity index (χ2v) is 29.7. The number of aliphatic hydroxyl groups is 2. The van der Waals surface area contributed by atoms with Crippen LogP contribution >= 0.6 is 0 Å². The Bertz CT molecular complexity index is 3580. The molecule has 13 amide bonds. The number of carbonyl (C=O) groups excluding carboxylic acids is 14. The van der Waals surface area contributed by atoms with Crippen LogP contribution in [0.1, 0.15) is 153 Å². The molecule has 2 rings (SSSR count). The van der Waals surface area contributed by atoms with Gasteiger partial charge in [0.1, 0.15) is 73.2 Å². The van der Waals surface area contributed by atoms with Gasteiger partial charge in [0.15, 0.2) is 12.0 Å². The van der Waals surface area contributed by atoms with Crippen molar-refractivity contribution < 1.29 is 115 Å². The zero-order valence-corrected chi connectivity index (χ0v) is 66.0. The molecule has 1 unspecified atom stereocenters. The Hall–Kier alpha value is -10.9. The van der Waals surface area contributed by atoms with E-state index in [1.807, 2.05) is 19.2 Å². The highest BCUT2D eigenvalue weighted by Gasteiger charge is 2.43. The molecule has 0 spiro atoms. The molecule has 0 radical (unpaired) electrons. The van der Waals surface area contributed by atoms with Gasteiger partial charge in [-0.25, -0.2) is 19.2 Å². The average Bonchev–Trinajstić information content (AvgIpc) is 0.833. The van der Waals surface area contributed by atoms with Crippen molar-refractivity contribution in [2.24, 2.45) is 41.1 Å². The van der Waals surface area contributed by atoms with Crippen LogP contribution in [0.25, 0.3) is 0 Å². The number of carboxylic acids is 1. The molecule has 2 aromatic carbocycles. The molecule has 2 aromatic rings. The smallest absolute Gasteiger partial charge is 0.480 e. The predicted octanol–water partition coefficient (Wildman–Crippen LogP) is 0.261. The number of ether oxygens (including phenoxy) is 3. The van der Waals surface area contributed by atoms with Crippen molar-refractivity contribution in [2.45, 2.75) is 239 Å². The zero-order valence-electron chi connectivity index (χ0n) is 66.0.